The van der Waals surface area contributed by atoms with Crippen molar-refractivity contribution in [3.63, 3.8) is 0 Å². The first kappa shape index (κ1) is 14.9. The number of hydrogen-bond donors (Lipinski definition) is 0. The Kier molecular flexibility index (Phi) is 9.07. The van der Waals surface area contributed by atoms with E-state index in [4.69, 9.17) is 9.05 Å². The molecule has 4 heteroatoms. The Balaban J connectivity index is 3.98. The van der Waals surface area contributed by atoms with Gasteiger partial charge in [0.25, 0.3) is 0 Å². The first-order valence-corrected chi connectivity index (χ1v) is 7.36. The van der Waals surface area contributed by atoms with Crippen LogP contribution in [0.5, 0.6) is 0 Å². The molecular weight excluding hydrogens is 211 g/mol. The molecule has 15 heavy (non-hydrogen) atoms. The molecule has 90 valence electrons. The number of allylic oxidation sites excluding steroid dienone is 1. The van der Waals surface area contributed by atoms with E-state index in [2.05, 4.69) is 6.92 Å². The van der Waals surface area contributed by atoms with Crippen molar-refractivity contribution in [2.75, 3.05) is 13.2 Å². The zero-order valence-corrected chi connectivity index (χ0v) is 11.0. The van der Waals surface area contributed by atoms with Gasteiger partial charge in [-0.05, 0) is 26.7 Å². The maximum absolute atomic E-state index is 11.9. The molecule has 3 nitrogen and oxygen atoms in total. The van der Waals surface area contributed by atoms with E-state index < -0.39 is 7.60 Å². The van der Waals surface area contributed by atoms with Gasteiger partial charge in [-0.2, -0.15) is 0 Å². The van der Waals surface area contributed by atoms with Crippen LogP contribution < -0.4 is 0 Å². The van der Waals surface area contributed by atoms with Crippen LogP contribution in [-0.2, 0) is 13.6 Å². The van der Waals surface area contributed by atoms with Crippen molar-refractivity contribution in [1.82, 2.24) is 0 Å². The topological polar surface area (TPSA) is 35.5 Å². The summed E-state index contributed by atoms with van der Waals surface area (Å²) in [6.07, 6.45) is 6.38. The first-order valence-electron chi connectivity index (χ1n) is 5.75. The molecule has 0 aromatic heterocycles. The molecule has 0 N–H and O–H groups in total. The van der Waals surface area contributed by atoms with E-state index in [-0.39, 0.29) is 0 Å². The van der Waals surface area contributed by atoms with Crippen LogP contribution >= 0.6 is 7.60 Å². The summed E-state index contributed by atoms with van der Waals surface area (Å²) in [7, 11) is -2.95. The minimum absolute atomic E-state index is 0.413. The van der Waals surface area contributed by atoms with Crippen molar-refractivity contribution in [1.29, 1.82) is 0 Å². The predicted octanol–water partition coefficient (Wildman–Crippen LogP) is 4.35. The number of unbranched alkanes of at least 4 members (excludes halogenated alkanes) is 3. The fourth-order valence-corrected chi connectivity index (χ4v) is 2.57. The predicted molar refractivity (Wildman–Crippen MR) is 64.1 cm³/mol. The van der Waals surface area contributed by atoms with Gasteiger partial charge in [-0.3, -0.25) is 4.57 Å². The summed E-state index contributed by atoms with van der Waals surface area (Å²) in [6, 6.07) is 0. The molecule has 0 unspecified atom stereocenters. The van der Waals surface area contributed by atoms with E-state index in [0.717, 1.165) is 12.8 Å². The van der Waals surface area contributed by atoms with Crippen molar-refractivity contribution in [3.05, 3.63) is 11.9 Å². The lowest BCUT2D eigenvalue weighted by Gasteiger charge is -2.12. The second-order valence-corrected chi connectivity index (χ2v) is 5.15. The van der Waals surface area contributed by atoms with Crippen molar-refractivity contribution in [3.8, 4) is 0 Å². The molecule has 0 bridgehead atoms. The summed E-state index contributed by atoms with van der Waals surface area (Å²) >= 11 is 0. The quantitative estimate of drug-likeness (QED) is 0.439. The standard InChI is InChI=1S/C11H23O3P/c1-4-7-8-9-10-11-15(12,13-5-2)14-6-3/h10-11H,4-9H2,1-3H3/b11-10-. The van der Waals surface area contributed by atoms with E-state index >= 15 is 0 Å². The van der Waals surface area contributed by atoms with Crippen LogP contribution in [0.25, 0.3) is 0 Å². The fraction of sp³-hybridized carbons (Fsp3) is 0.818. The van der Waals surface area contributed by atoms with Gasteiger partial charge in [0.05, 0.1) is 13.2 Å². The van der Waals surface area contributed by atoms with Crippen LogP contribution in [-0.4, -0.2) is 13.2 Å². The Morgan fingerprint density at radius 3 is 2.13 bits per heavy atom. The zero-order valence-electron chi connectivity index (χ0n) is 10.1. The summed E-state index contributed by atoms with van der Waals surface area (Å²) in [4.78, 5) is 0. The molecule has 0 amide bonds. The van der Waals surface area contributed by atoms with Crippen LogP contribution in [0.3, 0.4) is 0 Å². The fourth-order valence-electron chi connectivity index (χ4n) is 1.20. The third kappa shape index (κ3) is 7.78. The second-order valence-electron chi connectivity index (χ2n) is 3.26. The molecule has 0 aromatic carbocycles. The van der Waals surface area contributed by atoms with Crippen LogP contribution in [0.2, 0.25) is 0 Å². The van der Waals surface area contributed by atoms with E-state index in [0.29, 0.717) is 13.2 Å². The highest BCUT2D eigenvalue weighted by Crippen LogP contribution is 2.49. The van der Waals surface area contributed by atoms with E-state index in [1.165, 1.54) is 12.8 Å². The maximum Gasteiger partial charge on any atom is 0.353 e. The van der Waals surface area contributed by atoms with Crippen LogP contribution in [0.1, 0.15) is 46.5 Å². The number of rotatable bonds is 9. The van der Waals surface area contributed by atoms with E-state index in [1.54, 1.807) is 5.82 Å². The molecule has 0 aromatic rings. The van der Waals surface area contributed by atoms with Crippen molar-refractivity contribution < 1.29 is 13.6 Å². The molecule has 0 saturated carbocycles. The molecule has 0 rings (SSSR count). The Labute approximate surface area is 93.4 Å². The molecule has 0 saturated heterocycles. The largest absolute Gasteiger partial charge is 0.353 e. The van der Waals surface area contributed by atoms with Gasteiger partial charge in [-0.25, -0.2) is 0 Å². The van der Waals surface area contributed by atoms with Gasteiger partial charge in [0.2, 0.25) is 0 Å². The van der Waals surface area contributed by atoms with Gasteiger partial charge in [-0.15, -0.1) is 0 Å². The molecule has 0 aliphatic rings. The van der Waals surface area contributed by atoms with Crippen molar-refractivity contribution >= 4 is 7.60 Å². The highest BCUT2D eigenvalue weighted by atomic mass is 31.2. The lowest BCUT2D eigenvalue weighted by molar-refractivity contribution is 0.229. The average Bonchev–Trinajstić information content (AvgIpc) is 2.18. The van der Waals surface area contributed by atoms with Gasteiger partial charge >= 0.3 is 7.60 Å². The van der Waals surface area contributed by atoms with Gasteiger partial charge in [-0.1, -0.05) is 25.8 Å². The monoisotopic (exact) mass is 234 g/mol. The van der Waals surface area contributed by atoms with Crippen LogP contribution in [0, 0.1) is 0 Å². The van der Waals surface area contributed by atoms with Gasteiger partial charge in [0.15, 0.2) is 0 Å². The van der Waals surface area contributed by atoms with Gasteiger partial charge < -0.3 is 9.05 Å². The highest BCUT2D eigenvalue weighted by Gasteiger charge is 2.18. The van der Waals surface area contributed by atoms with E-state index in [1.807, 2.05) is 19.9 Å². The number of hydrogen-bond acceptors (Lipinski definition) is 3. The SMILES string of the molecule is CCCCC/C=C\P(=O)(OCC)OCC. The Bertz CT molecular complexity index is 204. The van der Waals surface area contributed by atoms with E-state index in [9.17, 15) is 4.57 Å². The highest BCUT2D eigenvalue weighted by molar-refractivity contribution is 7.57. The smallest absolute Gasteiger partial charge is 0.306 e. The Morgan fingerprint density at radius 1 is 1.07 bits per heavy atom. The van der Waals surface area contributed by atoms with Gasteiger partial charge in [0, 0.05) is 5.82 Å². The van der Waals surface area contributed by atoms with Crippen LogP contribution in [0.15, 0.2) is 11.9 Å². The molecular formula is C11H23O3P. The zero-order chi connectivity index (χ0) is 11.6. The molecule has 0 atom stereocenters. The Hall–Kier alpha value is -0.110. The average molecular weight is 234 g/mol. The molecule has 0 heterocycles. The van der Waals surface area contributed by atoms with Crippen LogP contribution in [0.4, 0.5) is 0 Å². The molecule has 0 fully saturated rings. The van der Waals surface area contributed by atoms with Crippen molar-refractivity contribution in [2.24, 2.45) is 0 Å². The lowest BCUT2D eigenvalue weighted by atomic mass is 10.2. The van der Waals surface area contributed by atoms with Crippen molar-refractivity contribution in [2.45, 2.75) is 46.5 Å². The second kappa shape index (κ2) is 9.14. The third-order valence-corrected chi connectivity index (χ3v) is 3.69. The first-order chi connectivity index (χ1) is 7.18. The molecule has 0 aliphatic carbocycles. The summed E-state index contributed by atoms with van der Waals surface area (Å²) < 4.78 is 22.2. The third-order valence-electron chi connectivity index (χ3n) is 1.88. The minimum atomic E-state index is -2.95. The minimum Gasteiger partial charge on any atom is -0.306 e. The summed E-state index contributed by atoms with van der Waals surface area (Å²) in [5, 5.41) is 0. The normalized spacial score (nSPS) is 12.5. The molecule has 0 aliphatic heterocycles. The molecule has 0 spiro atoms. The summed E-state index contributed by atoms with van der Waals surface area (Å²) in [5.41, 5.74) is 0. The molecule has 0 radical (unpaired) electrons. The Morgan fingerprint density at radius 2 is 1.67 bits per heavy atom. The summed E-state index contributed by atoms with van der Waals surface area (Å²) in [6.45, 7) is 6.62. The van der Waals surface area contributed by atoms with Gasteiger partial charge in [0.1, 0.15) is 0 Å². The maximum atomic E-state index is 11.9. The lowest BCUT2D eigenvalue weighted by Crippen LogP contribution is -1.92. The summed E-state index contributed by atoms with van der Waals surface area (Å²) in [5.74, 6) is 1.59.